The number of halogens is 1. The second-order valence-corrected chi connectivity index (χ2v) is 6.29. The van der Waals surface area contributed by atoms with E-state index in [1.54, 1.807) is 0 Å². The fraction of sp³-hybridized carbons (Fsp3) is 0.278. The number of nitrogens with one attached hydrogen (secondary N) is 1. The van der Waals surface area contributed by atoms with Gasteiger partial charge < -0.3 is 10.1 Å². The van der Waals surface area contributed by atoms with Crippen molar-refractivity contribution in [2.45, 2.75) is 26.8 Å². The van der Waals surface area contributed by atoms with Gasteiger partial charge in [0.2, 0.25) is 0 Å². The van der Waals surface area contributed by atoms with Gasteiger partial charge in [-0.15, -0.1) is 0 Å². The molecule has 2 rings (SSSR count). The van der Waals surface area contributed by atoms with Gasteiger partial charge in [-0.2, -0.15) is 0 Å². The molecular formula is C18H20BrNO2. The lowest BCUT2D eigenvalue weighted by Crippen LogP contribution is -2.31. The van der Waals surface area contributed by atoms with Crippen LogP contribution >= 0.6 is 15.9 Å². The fourth-order valence-corrected chi connectivity index (χ4v) is 2.48. The molecule has 2 aromatic carbocycles. The van der Waals surface area contributed by atoms with E-state index in [1.165, 1.54) is 11.1 Å². The van der Waals surface area contributed by atoms with E-state index in [9.17, 15) is 4.79 Å². The topological polar surface area (TPSA) is 38.3 Å². The molecule has 1 unspecified atom stereocenters. The van der Waals surface area contributed by atoms with Crippen LogP contribution in [0.5, 0.6) is 5.75 Å². The monoisotopic (exact) mass is 361 g/mol. The van der Waals surface area contributed by atoms with E-state index in [1.807, 2.05) is 37.3 Å². The molecule has 4 heteroatoms. The summed E-state index contributed by atoms with van der Waals surface area (Å²) in [6.45, 7) is 6.13. The normalized spacial score (nSPS) is 11.8. The molecule has 0 saturated heterocycles. The number of hydrogen-bond donors (Lipinski definition) is 1. The van der Waals surface area contributed by atoms with E-state index in [2.05, 4.69) is 47.2 Å². The van der Waals surface area contributed by atoms with Crippen molar-refractivity contribution >= 4 is 21.8 Å². The van der Waals surface area contributed by atoms with Crippen LogP contribution in [0.2, 0.25) is 0 Å². The van der Waals surface area contributed by atoms with E-state index in [0.29, 0.717) is 5.75 Å². The maximum absolute atomic E-state index is 12.0. The van der Waals surface area contributed by atoms with Crippen LogP contribution < -0.4 is 10.1 Å². The molecule has 0 saturated carbocycles. The van der Waals surface area contributed by atoms with Crippen molar-refractivity contribution in [2.24, 2.45) is 0 Å². The van der Waals surface area contributed by atoms with Crippen LogP contribution in [0, 0.1) is 13.8 Å². The predicted molar refractivity (Wildman–Crippen MR) is 92.1 cm³/mol. The second-order valence-electron chi connectivity index (χ2n) is 5.38. The van der Waals surface area contributed by atoms with Crippen molar-refractivity contribution in [1.29, 1.82) is 0 Å². The Morgan fingerprint density at radius 2 is 1.95 bits per heavy atom. The van der Waals surface area contributed by atoms with Crippen LogP contribution in [0.15, 0.2) is 46.9 Å². The van der Waals surface area contributed by atoms with E-state index in [0.717, 1.165) is 10.0 Å². The molecule has 0 heterocycles. The third-order valence-electron chi connectivity index (χ3n) is 3.57. The van der Waals surface area contributed by atoms with E-state index in [-0.39, 0.29) is 18.6 Å². The van der Waals surface area contributed by atoms with E-state index < -0.39 is 0 Å². The number of aryl methyl sites for hydroxylation is 2. The summed E-state index contributed by atoms with van der Waals surface area (Å²) in [5, 5.41) is 2.95. The molecule has 0 aliphatic heterocycles. The van der Waals surface area contributed by atoms with Gasteiger partial charge in [-0.25, -0.2) is 0 Å². The molecule has 22 heavy (non-hydrogen) atoms. The molecule has 0 spiro atoms. The van der Waals surface area contributed by atoms with Gasteiger partial charge in [0.25, 0.3) is 5.91 Å². The van der Waals surface area contributed by atoms with Gasteiger partial charge >= 0.3 is 0 Å². The molecule has 116 valence electrons. The van der Waals surface area contributed by atoms with Gasteiger partial charge in [0.15, 0.2) is 6.61 Å². The average Bonchev–Trinajstić information content (AvgIpc) is 2.48. The van der Waals surface area contributed by atoms with E-state index in [4.69, 9.17) is 4.74 Å². The maximum Gasteiger partial charge on any atom is 0.258 e. The number of benzene rings is 2. The first-order chi connectivity index (χ1) is 10.5. The third-order valence-corrected chi connectivity index (χ3v) is 4.07. The Labute approximate surface area is 139 Å². The number of hydrogen-bond acceptors (Lipinski definition) is 2. The molecule has 0 aromatic heterocycles. The van der Waals surface area contributed by atoms with Crippen molar-refractivity contribution in [3.05, 3.63) is 63.6 Å². The maximum atomic E-state index is 12.0. The summed E-state index contributed by atoms with van der Waals surface area (Å²) in [7, 11) is 0. The van der Waals surface area contributed by atoms with Gasteiger partial charge in [0.05, 0.1) is 6.04 Å². The molecule has 3 nitrogen and oxygen atoms in total. The van der Waals surface area contributed by atoms with Crippen LogP contribution in [-0.4, -0.2) is 12.5 Å². The Balaban J connectivity index is 1.89. The van der Waals surface area contributed by atoms with Crippen molar-refractivity contribution in [2.75, 3.05) is 6.61 Å². The molecule has 0 bridgehead atoms. The van der Waals surface area contributed by atoms with Crippen LogP contribution in [0.3, 0.4) is 0 Å². The third kappa shape index (κ3) is 4.60. The van der Waals surface area contributed by atoms with Crippen LogP contribution in [0.25, 0.3) is 0 Å². The highest BCUT2D eigenvalue weighted by molar-refractivity contribution is 9.10. The van der Waals surface area contributed by atoms with Gasteiger partial charge in [-0.3, -0.25) is 4.79 Å². The summed E-state index contributed by atoms with van der Waals surface area (Å²) in [6, 6.07) is 13.6. The summed E-state index contributed by atoms with van der Waals surface area (Å²) in [5.41, 5.74) is 3.57. The summed E-state index contributed by atoms with van der Waals surface area (Å²) < 4.78 is 6.41. The first-order valence-corrected chi connectivity index (χ1v) is 8.00. The SMILES string of the molecule is Cc1ccc(C(C)NC(=O)COc2cccc(Br)c2)cc1C. The molecule has 0 radical (unpaired) electrons. The van der Waals surface area contributed by atoms with E-state index >= 15 is 0 Å². The quantitative estimate of drug-likeness (QED) is 0.860. The molecule has 1 N–H and O–H groups in total. The summed E-state index contributed by atoms with van der Waals surface area (Å²) in [5.74, 6) is 0.536. The Morgan fingerprint density at radius 1 is 1.18 bits per heavy atom. The highest BCUT2D eigenvalue weighted by Gasteiger charge is 2.11. The van der Waals surface area contributed by atoms with Crippen LogP contribution in [0.1, 0.15) is 29.7 Å². The fourth-order valence-electron chi connectivity index (χ4n) is 2.11. The Kier molecular flexibility index (Phi) is 5.61. The zero-order valence-electron chi connectivity index (χ0n) is 13.0. The highest BCUT2D eigenvalue weighted by atomic mass is 79.9. The molecule has 1 atom stereocenters. The van der Waals surface area contributed by atoms with Crippen molar-refractivity contribution in [1.82, 2.24) is 5.32 Å². The number of carbonyl (C=O) groups excluding carboxylic acids is 1. The Hall–Kier alpha value is -1.81. The molecule has 0 aliphatic carbocycles. The van der Waals surface area contributed by atoms with Gasteiger partial charge in [-0.05, 0) is 55.7 Å². The van der Waals surface area contributed by atoms with Gasteiger partial charge in [-0.1, -0.05) is 40.2 Å². The number of ether oxygens (including phenoxy) is 1. The zero-order chi connectivity index (χ0) is 16.1. The summed E-state index contributed by atoms with van der Waals surface area (Å²) in [4.78, 5) is 12.0. The van der Waals surface area contributed by atoms with Crippen molar-refractivity contribution in [3.63, 3.8) is 0 Å². The highest BCUT2D eigenvalue weighted by Crippen LogP contribution is 2.18. The lowest BCUT2D eigenvalue weighted by atomic mass is 10.0. The van der Waals surface area contributed by atoms with Crippen molar-refractivity contribution < 1.29 is 9.53 Å². The minimum Gasteiger partial charge on any atom is -0.484 e. The molecule has 1 amide bonds. The number of amides is 1. The van der Waals surface area contributed by atoms with Crippen LogP contribution in [0.4, 0.5) is 0 Å². The minimum absolute atomic E-state index is 0.00559. The van der Waals surface area contributed by atoms with Crippen LogP contribution in [-0.2, 0) is 4.79 Å². The Morgan fingerprint density at radius 3 is 2.64 bits per heavy atom. The first-order valence-electron chi connectivity index (χ1n) is 7.20. The standard InChI is InChI=1S/C18H20BrNO2/c1-12-7-8-15(9-13(12)2)14(3)20-18(21)11-22-17-6-4-5-16(19)10-17/h4-10,14H,11H2,1-3H3,(H,20,21). The number of carbonyl (C=O) groups is 1. The van der Waals surface area contributed by atoms with Crippen molar-refractivity contribution in [3.8, 4) is 5.75 Å². The smallest absolute Gasteiger partial charge is 0.258 e. The predicted octanol–water partition coefficient (Wildman–Crippen LogP) is 4.32. The number of rotatable bonds is 5. The lowest BCUT2D eigenvalue weighted by molar-refractivity contribution is -0.123. The summed E-state index contributed by atoms with van der Waals surface area (Å²) >= 11 is 3.37. The largest absolute Gasteiger partial charge is 0.484 e. The molecule has 0 aliphatic rings. The summed E-state index contributed by atoms with van der Waals surface area (Å²) in [6.07, 6.45) is 0. The zero-order valence-corrected chi connectivity index (χ0v) is 14.6. The first kappa shape index (κ1) is 16.6. The average molecular weight is 362 g/mol. The minimum atomic E-state index is -0.134. The van der Waals surface area contributed by atoms with Gasteiger partial charge in [0.1, 0.15) is 5.75 Å². The Bertz CT molecular complexity index is 670. The molecule has 0 fully saturated rings. The second kappa shape index (κ2) is 7.45. The molecular weight excluding hydrogens is 342 g/mol. The molecule has 2 aromatic rings. The van der Waals surface area contributed by atoms with Gasteiger partial charge in [0, 0.05) is 4.47 Å². The lowest BCUT2D eigenvalue weighted by Gasteiger charge is -2.16.